The van der Waals surface area contributed by atoms with Gasteiger partial charge in [-0.15, -0.1) is 0 Å². The molecule has 6 heteroatoms. The minimum atomic E-state index is -0.512. The number of nitriles is 1. The first-order valence-corrected chi connectivity index (χ1v) is 7.45. The molecule has 2 N–H and O–H groups in total. The molecule has 0 unspecified atom stereocenters. The molecule has 0 aliphatic heterocycles. The van der Waals surface area contributed by atoms with Crippen molar-refractivity contribution in [3.8, 4) is 6.07 Å². The number of hydrogen-bond donors (Lipinski definition) is 2. The summed E-state index contributed by atoms with van der Waals surface area (Å²) in [5.41, 5.74) is 2.12. The predicted octanol–water partition coefficient (Wildman–Crippen LogP) is 4.76. The molecule has 2 rings (SSSR count). The van der Waals surface area contributed by atoms with Gasteiger partial charge in [0, 0.05) is 16.9 Å². The minimum Gasteiger partial charge on any atom is -0.359 e. The van der Waals surface area contributed by atoms with Crippen molar-refractivity contribution >= 4 is 40.5 Å². The fourth-order valence-electron chi connectivity index (χ4n) is 1.74. The second-order valence-corrected chi connectivity index (χ2v) is 5.60. The Bertz CT molecular complexity index is 792. The number of nitrogens with zero attached hydrogens (tertiary/aromatic N) is 1. The van der Waals surface area contributed by atoms with Gasteiger partial charge in [-0.25, -0.2) is 0 Å². The van der Waals surface area contributed by atoms with Gasteiger partial charge in [0.2, 0.25) is 0 Å². The summed E-state index contributed by atoms with van der Waals surface area (Å²) >= 11 is 11.9. The van der Waals surface area contributed by atoms with E-state index in [2.05, 4.69) is 10.6 Å². The number of halogens is 2. The molecular weight excluding hydrogens is 333 g/mol. The zero-order valence-corrected chi connectivity index (χ0v) is 13.7. The van der Waals surface area contributed by atoms with Crippen molar-refractivity contribution in [2.45, 2.75) is 6.92 Å². The fraction of sp³-hybridized carbons (Fsp3) is 0.0588. The van der Waals surface area contributed by atoms with Crippen molar-refractivity contribution in [2.24, 2.45) is 0 Å². The maximum absolute atomic E-state index is 12.1. The summed E-state index contributed by atoms with van der Waals surface area (Å²) in [6.07, 6.45) is 1.29. The van der Waals surface area contributed by atoms with E-state index in [1.807, 2.05) is 25.1 Å². The van der Waals surface area contributed by atoms with Crippen molar-refractivity contribution in [1.82, 2.24) is 0 Å². The summed E-state index contributed by atoms with van der Waals surface area (Å²) in [5.74, 6) is -0.512. The third kappa shape index (κ3) is 4.75. The molecule has 0 radical (unpaired) electrons. The van der Waals surface area contributed by atoms with E-state index in [0.29, 0.717) is 21.4 Å². The maximum atomic E-state index is 12.1. The van der Waals surface area contributed by atoms with Crippen LogP contribution in [0.2, 0.25) is 10.0 Å². The smallest absolute Gasteiger partial charge is 0.267 e. The van der Waals surface area contributed by atoms with Crippen molar-refractivity contribution in [3.05, 3.63) is 69.8 Å². The van der Waals surface area contributed by atoms with Crippen molar-refractivity contribution in [3.63, 3.8) is 0 Å². The number of rotatable bonds is 4. The monoisotopic (exact) mass is 345 g/mol. The van der Waals surface area contributed by atoms with Crippen molar-refractivity contribution in [1.29, 1.82) is 5.26 Å². The van der Waals surface area contributed by atoms with E-state index in [9.17, 15) is 4.79 Å². The average molecular weight is 346 g/mol. The molecule has 0 aromatic heterocycles. The highest BCUT2D eigenvalue weighted by Gasteiger charge is 2.09. The lowest BCUT2D eigenvalue weighted by atomic mass is 10.2. The number of aryl methyl sites for hydroxylation is 1. The predicted molar refractivity (Wildman–Crippen MR) is 93.6 cm³/mol. The third-order valence-corrected chi connectivity index (χ3v) is 3.54. The van der Waals surface area contributed by atoms with Crippen LogP contribution in [0.15, 0.2) is 54.2 Å². The number of anilines is 2. The summed E-state index contributed by atoms with van der Waals surface area (Å²) in [5, 5.41) is 15.5. The molecule has 116 valence electrons. The molecule has 0 saturated heterocycles. The average Bonchev–Trinajstić information content (AvgIpc) is 2.53. The molecule has 2 aromatic carbocycles. The van der Waals surface area contributed by atoms with Crippen LogP contribution < -0.4 is 10.6 Å². The lowest BCUT2D eigenvalue weighted by molar-refractivity contribution is -0.112. The van der Waals surface area contributed by atoms with Gasteiger partial charge in [-0.2, -0.15) is 5.26 Å². The van der Waals surface area contributed by atoms with E-state index in [-0.39, 0.29) is 5.57 Å². The quantitative estimate of drug-likeness (QED) is 0.620. The minimum absolute atomic E-state index is 0.0818. The molecule has 0 aliphatic carbocycles. The first kappa shape index (κ1) is 16.9. The van der Waals surface area contributed by atoms with Gasteiger partial charge in [0.25, 0.3) is 5.91 Å². The Balaban J connectivity index is 2.12. The SMILES string of the molecule is Cc1ccc(NC(=O)/C(C#N)=C\Nc2cc(Cl)ccc2Cl)cc1. The van der Waals surface area contributed by atoms with E-state index in [0.717, 1.165) is 5.56 Å². The lowest BCUT2D eigenvalue weighted by Gasteiger charge is -2.07. The largest absolute Gasteiger partial charge is 0.359 e. The standard InChI is InChI=1S/C17H13Cl2N3O/c1-11-2-5-14(6-3-11)22-17(23)12(9-20)10-21-16-8-13(18)4-7-15(16)19/h2-8,10,21H,1H3,(H,22,23)/b12-10-. The van der Waals surface area contributed by atoms with Gasteiger partial charge < -0.3 is 10.6 Å². The molecule has 2 aromatic rings. The van der Waals surface area contributed by atoms with Crippen molar-refractivity contribution < 1.29 is 4.79 Å². The highest BCUT2D eigenvalue weighted by atomic mass is 35.5. The Labute approximate surface area is 144 Å². The molecule has 0 fully saturated rings. The van der Waals surface area contributed by atoms with E-state index >= 15 is 0 Å². The zero-order chi connectivity index (χ0) is 16.8. The topological polar surface area (TPSA) is 64.9 Å². The summed E-state index contributed by atoms with van der Waals surface area (Å²) in [4.78, 5) is 12.1. The molecular formula is C17H13Cl2N3O. The second kappa shape index (κ2) is 7.68. The summed E-state index contributed by atoms with van der Waals surface area (Å²) in [7, 11) is 0. The Kier molecular flexibility index (Phi) is 5.64. The number of benzene rings is 2. The van der Waals surface area contributed by atoms with Crippen LogP contribution >= 0.6 is 23.2 Å². The van der Waals surface area contributed by atoms with Crippen LogP contribution in [-0.2, 0) is 4.79 Å². The Morgan fingerprint density at radius 2 is 1.87 bits per heavy atom. The van der Waals surface area contributed by atoms with Gasteiger partial charge in [0.05, 0.1) is 10.7 Å². The normalized spacial score (nSPS) is 10.8. The number of carbonyl (C=O) groups is 1. The Morgan fingerprint density at radius 1 is 1.17 bits per heavy atom. The van der Waals surface area contributed by atoms with E-state index in [1.54, 1.807) is 30.3 Å². The van der Waals surface area contributed by atoms with E-state index < -0.39 is 5.91 Å². The Morgan fingerprint density at radius 3 is 2.52 bits per heavy atom. The molecule has 0 bridgehead atoms. The molecule has 0 atom stereocenters. The zero-order valence-electron chi connectivity index (χ0n) is 12.2. The number of amides is 1. The van der Waals surface area contributed by atoms with Crippen LogP contribution in [0, 0.1) is 18.3 Å². The molecule has 0 aliphatic rings. The highest BCUT2D eigenvalue weighted by Crippen LogP contribution is 2.25. The second-order valence-electron chi connectivity index (χ2n) is 4.76. The number of carbonyl (C=O) groups excluding carboxylic acids is 1. The van der Waals surface area contributed by atoms with E-state index in [4.69, 9.17) is 28.5 Å². The molecule has 0 saturated carbocycles. The first-order chi connectivity index (χ1) is 11.0. The maximum Gasteiger partial charge on any atom is 0.267 e. The summed E-state index contributed by atoms with van der Waals surface area (Å²) in [6.45, 7) is 1.95. The third-order valence-electron chi connectivity index (χ3n) is 2.97. The van der Waals surface area contributed by atoms with Crippen LogP contribution in [0.3, 0.4) is 0 Å². The highest BCUT2D eigenvalue weighted by molar-refractivity contribution is 6.35. The number of hydrogen-bond acceptors (Lipinski definition) is 3. The van der Waals surface area contributed by atoms with Crippen LogP contribution in [0.4, 0.5) is 11.4 Å². The summed E-state index contributed by atoms with van der Waals surface area (Å²) < 4.78 is 0. The fourth-order valence-corrected chi connectivity index (χ4v) is 2.09. The molecule has 4 nitrogen and oxygen atoms in total. The molecule has 0 heterocycles. The van der Waals surface area contributed by atoms with Gasteiger partial charge >= 0.3 is 0 Å². The Hall–Kier alpha value is -2.48. The van der Waals surface area contributed by atoms with Crippen LogP contribution in [0.25, 0.3) is 0 Å². The van der Waals surface area contributed by atoms with Crippen LogP contribution in [-0.4, -0.2) is 5.91 Å². The van der Waals surface area contributed by atoms with Crippen LogP contribution in [0.1, 0.15) is 5.56 Å². The van der Waals surface area contributed by atoms with Gasteiger partial charge in [-0.05, 0) is 37.3 Å². The van der Waals surface area contributed by atoms with Gasteiger partial charge in [0.1, 0.15) is 11.6 Å². The van der Waals surface area contributed by atoms with E-state index in [1.165, 1.54) is 6.20 Å². The summed E-state index contributed by atoms with van der Waals surface area (Å²) in [6, 6.07) is 14.0. The van der Waals surface area contributed by atoms with Crippen molar-refractivity contribution in [2.75, 3.05) is 10.6 Å². The first-order valence-electron chi connectivity index (χ1n) is 6.69. The van der Waals surface area contributed by atoms with Crippen LogP contribution in [0.5, 0.6) is 0 Å². The molecule has 0 spiro atoms. The lowest BCUT2D eigenvalue weighted by Crippen LogP contribution is -2.14. The van der Waals surface area contributed by atoms with Gasteiger partial charge in [0.15, 0.2) is 0 Å². The molecule has 23 heavy (non-hydrogen) atoms. The molecule has 1 amide bonds. The number of nitrogens with one attached hydrogen (secondary N) is 2. The van der Waals surface area contributed by atoms with Gasteiger partial charge in [-0.1, -0.05) is 40.9 Å². The van der Waals surface area contributed by atoms with Gasteiger partial charge in [-0.3, -0.25) is 4.79 Å².